The summed E-state index contributed by atoms with van der Waals surface area (Å²) in [5.41, 5.74) is 0.545. The molecule has 1 aliphatic heterocycles. The Hall–Kier alpha value is -1.97. The van der Waals surface area contributed by atoms with Crippen molar-refractivity contribution in [2.24, 2.45) is 0 Å². The van der Waals surface area contributed by atoms with Gasteiger partial charge in [0.05, 0.1) is 5.69 Å². The van der Waals surface area contributed by atoms with E-state index in [0.29, 0.717) is 31.9 Å². The molecule has 3 rings (SSSR count). The number of amides is 1. The number of halogens is 1. The van der Waals surface area contributed by atoms with Crippen molar-refractivity contribution in [2.45, 2.75) is 10.6 Å². The first-order valence-electron chi connectivity index (χ1n) is 8.28. The Morgan fingerprint density at radius 1 is 1.12 bits per heavy atom. The smallest absolute Gasteiger partial charge is 0.250 e. The summed E-state index contributed by atoms with van der Waals surface area (Å²) in [7, 11) is -3.55. The van der Waals surface area contributed by atoms with Crippen molar-refractivity contribution in [1.29, 1.82) is 0 Å². The number of benzene rings is 1. The third-order valence-electron chi connectivity index (χ3n) is 4.22. The zero-order chi connectivity index (χ0) is 18.6. The summed E-state index contributed by atoms with van der Waals surface area (Å²) in [4.78, 5) is 15.9. The van der Waals surface area contributed by atoms with Gasteiger partial charge >= 0.3 is 0 Å². The summed E-state index contributed by atoms with van der Waals surface area (Å²) in [6.45, 7) is 2.14. The number of thiophene rings is 1. The molecule has 140 valence electrons. The molecule has 0 atom stereocenters. The summed E-state index contributed by atoms with van der Waals surface area (Å²) in [6.07, 6.45) is 0.101. The Labute approximate surface area is 156 Å². The van der Waals surface area contributed by atoms with Crippen molar-refractivity contribution in [3.8, 4) is 0 Å². The van der Waals surface area contributed by atoms with Gasteiger partial charge < -0.3 is 9.80 Å². The molecule has 1 aromatic carbocycles. The molecule has 0 aliphatic carbocycles. The van der Waals surface area contributed by atoms with Crippen LogP contribution >= 0.6 is 11.3 Å². The summed E-state index contributed by atoms with van der Waals surface area (Å²) in [5, 5.41) is 1.69. The van der Waals surface area contributed by atoms with Crippen LogP contribution in [0.2, 0.25) is 0 Å². The summed E-state index contributed by atoms with van der Waals surface area (Å²) in [5.74, 6) is -0.373. The Morgan fingerprint density at radius 3 is 2.50 bits per heavy atom. The number of rotatable bonds is 6. The first-order valence-corrected chi connectivity index (χ1v) is 10.6. The normalized spacial score (nSPS) is 15.3. The maximum atomic E-state index is 13.8. The van der Waals surface area contributed by atoms with Crippen LogP contribution in [0.25, 0.3) is 0 Å². The van der Waals surface area contributed by atoms with E-state index in [4.69, 9.17) is 0 Å². The van der Waals surface area contributed by atoms with Crippen LogP contribution in [0.4, 0.5) is 10.1 Å². The van der Waals surface area contributed by atoms with E-state index in [1.165, 1.54) is 12.1 Å². The zero-order valence-corrected chi connectivity index (χ0v) is 15.7. The average molecular weight is 397 g/mol. The molecule has 1 amide bonds. The van der Waals surface area contributed by atoms with Crippen molar-refractivity contribution in [3.63, 3.8) is 0 Å². The third kappa shape index (κ3) is 4.40. The quantitative estimate of drug-likeness (QED) is 0.808. The Kier molecular flexibility index (Phi) is 5.90. The molecular formula is C17H20FN3O3S2. The predicted molar refractivity (Wildman–Crippen MR) is 99.3 cm³/mol. The van der Waals surface area contributed by atoms with Crippen molar-refractivity contribution in [1.82, 2.24) is 9.62 Å². The van der Waals surface area contributed by atoms with Crippen LogP contribution in [0.15, 0.2) is 46.0 Å². The standard InChI is InChI=1S/C17H20FN3O3S2/c18-14-4-1-2-5-15(14)20-9-11-21(12-10-20)16(22)7-8-19-26(23,24)17-6-3-13-25-17/h1-6,13,19H,7-12H2. The molecule has 2 heterocycles. The molecule has 0 bridgehead atoms. The zero-order valence-electron chi connectivity index (χ0n) is 14.1. The van der Waals surface area contributed by atoms with E-state index in [1.54, 1.807) is 34.5 Å². The molecule has 26 heavy (non-hydrogen) atoms. The number of hydrogen-bond acceptors (Lipinski definition) is 5. The van der Waals surface area contributed by atoms with Gasteiger partial charge in [0.1, 0.15) is 10.0 Å². The first kappa shape index (κ1) is 18.8. The number of hydrogen-bond donors (Lipinski definition) is 1. The highest BCUT2D eigenvalue weighted by atomic mass is 32.2. The van der Waals surface area contributed by atoms with Crippen molar-refractivity contribution in [2.75, 3.05) is 37.6 Å². The van der Waals surface area contributed by atoms with Gasteiger partial charge in [0.2, 0.25) is 15.9 Å². The Bertz CT molecular complexity index is 848. The van der Waals surface area contributed by atoms with Crippen LogP contribution in [0.5, 0.6) is 0 Å². The maximum absolute atomic E-state index is 13.8. The van der Waals surface area contributed by atoms with E-state index in [-0.39, 0.29) is 28.9 Å². The number of carbonyl (C=O) groups is 1. The van der Waals surface area contributed by atoms with Gasteiger partial charge in [-0.25, -0.2) is 17.5 Å². The maximum Gasteiger partial charge on any atom is 0.250 e. The molecule has 1 fully saturated rings. The summed E-state index contributed by atoms with van der Waals surface area (Å²) < 4.78 is 40.6. The number of para-hydroxylation sites is 1. The van der Waals surface area contributed by atoms with Crippen LogP contribution in [0, 0.1) is 5.82 Å². The predicted octanol–water partition coefficient (Wildman–Crippen LogP) is 1.90. The highest BCUT2D eigenvalue weighted by Crippen LogP contribution is 2.20. The molecule has 2 aromatic rings. The van der Waals surface area contributed by atoms with Crippen molar-refractivity contribution in [3.05, 3.63) is 47.6 Å². The number of piperazine rings is 1. The van der Waals surface area contributed by atoms with Crippen molar-refractivity contribution < 1.29 is 17.6 Å². The van der Waals surface area contributed by atoms with Gasteiger partial charge in [-0.1, -0.05) is 18.2 Å². The SMILES string of the molecule is O=C(CCNS(=O)(=O)c1cccs1)N1CCN(c2ccccc2F)CC1. The van der Waals surface area contributed by atoms with Gasteiger partial charge in [0.25, 0.3) is 0 Å². The van der Waals surface area contributed by atoms with Crippen LogP contribution in [-0.4, -0.2) is 51.9 Å². The fourth-order valence-corrected chi connectivity index (χ4v) is 4.91. The number of carbonyl (C=O) groups excluding carboxylic acids is 1. The number of anilines is 1. The number of sulfonamides is 1. The van der Waals surface area contributed by atoms with Gasteiger partial charge in [0, 0.05) is 39.1 Å². The van der Waals surface area contributed by atoms with Gasteiger partial charge in [-0.05, 0) is 23.6 Å². The molecule has 0 spiro atoms. The van der Waals surface area contributed by atoms with Gasteiger partial charge in [-0.2, -0.15) is 0 Å². The lowest BCUT2D eigenvalue weighted by Crippen LogP contribution is -2.49. The van der Waals surface area contributed by atoms with Crippen LogP contribution in [0.3, 0.4) is 0 Å². The minimum absolute atomic E-state index is 0.0621. The van der Waals surface area contributed by atoms with Crippen LogP contribution in [0.1, 0.15) is 6.42 Å². The fourth-order valence-electron chi connectivity index (χ4n) is 2.84. The topological polar surface area (TPSA) is 69.7 Å². The second kappa shape index (κ2) is 8.15. The molecule has 1 aromatic heterocycles. The third-order valence-corrected chi connectivity index (χ3v) is 7.07. The Morgan fingerprint density at radius 2 is 1.85 bits per heavy atom. The molecule has 1 saturated heterocycles. The van der Waals surface area contributed by atoms with Gasteiger partial charge in [-0.3, -0.25) is 4.79 Å². The Balaban J connectivity index is 1.46. The lowest BCUT2D eigenvalue weighted by atomic mass is 10.2. The number of nitrogens with one attached hydrogen (secondary N) is 1. The van der Waals surface area contributed by atoms with E-state index in [9.17, 15) is 17.6 Å². The molecule has 0 saturated carbocycles. The molecule has 0 radical (unpaired) electrons. The lowest BCUT2D eigenvalue weighted by molar-refractivity contribution is -0.131. The summed E-state index contributed by atoms with van der Waals surface area (Å²) in [6, 6.07) is 9.78. The highest BCUT2D eigenvalue weighted by Gasteiger charge is 2.23. The molecular weight excluding hydrogens is 377 g/mol. The summed E-state index contributed by atoms with van der Waals surface area (Å²) >= 11 is 1.13. The minimum Gasteiger partial charge on any atom is -0.366 e. The van der Waals surface area contributed by atoms with Crippen molar-refractivity contribution >= 4 is 33.0 Å². The van der Waals surface area contributed by atoms with Gasteiger partial charge in [-0.15, -0.1) is 11.3 Å². The molecule has 1 N–H and O–H groups in total. The van der Waals surface area contributed by atoms with Gasteiger partial charge in [0.15, 0.2) is 0 Å². The molecule has 0 unspecified atom stereocenters. The largest absolute Gasteiger partial charge is 0.366 e. The molecule has 6 nitrogen and oxygen atoms in total. The first-order chi connectivity index (χ1) is 12.5. The minimum atomic E-state index is -3.55. The van der Waals surface area contributed by atoms with Crippen LogP contribution in [-0.2, 0) is 14.8 Å². The second-order valence-corrected chi connectivity index (χ2v) is 8.84. The van der Waals surface area contributed by atoms with E-state index in [2.05, 4.69) is 4.72 Å². The van der Waals surface area contributed by atoms with E-state index in [1.807, 2.05) is 4.90 Å². The lowest BCUT2D eigenvalue weighted by Gasteiger charge is -2.36. The average Bonchev–Trinajstić information content (AvgIpc) is 3.18. The number of nitrogens with zero attached hydrogens (tertiary/aromatic N) is 2. The monoisotopic (exact) mass is 397 g/mol. The molecule has 9 heteroatoms. The van der Waals surface area contributed by atoms with Crippen LogP contribution < -0.4 is 9.62 Å². The van der Waals surface area contributed by atoms with E-state index in [0.717, 1.165) is 11.3 Å². The second-order valence-electron chi connectivity index (χ2n) is 5.90. The molecule has 1 aliphatic rings. The highest BCUT2D eigenvalue weighted by molar-refractivity contribution is 7.91. The fraction of sp³-hybridized carbons (Fsp3) is 0.353. The van der Waals surface area contributed by atoms with E-state index >= 15 is 0 Å². The van der Waals surface area contributed by atoms with E-state index < -0.39 is 10.0 Å².